The van der Waals surface area contributed by atoms with Gasteiger partial charge in [0.2, 0.25) is 0 Å². The van der Waals surface area contributed by atoms with Gasteiger partial charge in [0.25, 0.3) is 0 Å². The summed E-state index contributed by atoms with van der Waals surface area (Å²) in [5, 5.41) is 3.97. The zero-order valence-electron chi connectivity index (χ0n) is 14.3. The van der Waals surface area contributed by atoms with E-state index >= 15 is 0 Å². The maximum atomic E-state index is 5.16. The number of rotatable bonds is 6. The van der Waals surface area contributed by atoms with Gasteiger partial charge in [-0.1, -0.05) is 24.3 Å². The molecular weight excluding hydrogens is 304 g/mol. The Bertz CT molecular complexity index is 474. The van der Waals surface area contributed by atoms with Crippen LogP contribution in [0.15, 0.2) is 24.3 Å². The van der Waals surface area contributed by atoms with Crippen molar-refractivity contribution in [1.29, 1.82) is 0 Å². The van der Waals surface area contributed by atoms with Crippen LogP contribution in [0.25, 0.3) is 0 Å². The van der Waals surface area contributed by atoms with E-state index in [2.05, 4.69) is 46.2 Å². The molecule has 1 aromatic carbocycles. The summed E-state index contributed by atoms with van der Waals surface area (Å²) in [4.78, 5) is 2.59. The van der Waals surface area contributed by atoms with E-state index in [1.165, 1.54) is 50.4 Å². The molecule has 1 fully saturated rings. The lowest BCUT2D eigenvalue weighted by atomic mass is 9.97. The summed E-state index contributed by atoms with van der Waals surface area (Å²) < 4.78 is 5.16. The predicted octanol–water partition coefficient (Wildman–Crippen LogP) is 3.11. The van der Waals surface area contributed by atoms with Crippen LogP contribution in [0.2, 0.25) is 0 Å². The number of thioether (sulfide) groups is 1. The first kappa shape index (κ1) is 17.3. The number of hydrogen-bond donors (Lipinski definition) is 1. The summed E-state index contributed by atoms with van der Waals surface area (Å²) in [5.41, 5.74) is 3.09. The standard InChI is InChI=1S/C19H30N2OS/c1-22-13-4-10-21-11-7-17(8-12-21)20-19-15-23-14-9-16-5-2-3-6-18(16)19/h2-3,5-6,17,19-20H,4,7-15H2,1H3. The second-order valence-electron chi connectivity index (χ2n) is 6.71. The van der Waals surface area contributed by atoms with Gasteiger partial charge in [0.15, 0.2) is 0 Å². The van der Waals surface area contributed by atoms with Crippen molar-refractivity contribution in [2.75, 3.05) is 44.9 Å². The van der Waals surface area contributed by atoms with Crippen LogP contribution in [0.3, 0.4) is 0 Å². The van der Waals surface area contributed by atoms with Crippen LogP contribution in [-0.2, 0) is 11.2 Å². The molecule has 1 unspecified atom stereocenters. The molecule has 3 nitrogen and oxygen atoms in total. The van der Waals surface area contributed by atoms with Crippen molar-refractivity contribution in [1.82, 2.24) is 10.2 Å². The Labute approximate surface area is 145 Å². The van der Waals surface area contributed by atoms with E-state index in [0.29, 0.717) is 12.1 Å². The average Bonchev–Trinajstić information content (AvgIpc) is 2.79. The molecule has 2 aliphatic rings. The number of nitrogens with one attached hydrogen (secondary N) is 1. The SMILES string of the molecule is COCCCN1CCC(NC2CSCCc3ccccc32)CC1. The molecule has 23 heavy (non-hydrogen) atoms. The summed E-state index contributed by atoms with van der Waals surface area (Å²) in [6.45, 7) is 4.52. The quantitative estimate of drug-likeness (QED) is 0.808. The van der Waals surface area contributed by atoms with Crippen LogP contribution in [0, 0.1) is 0 Å². The van der Waals surface area contributed by atoms with Crippen molar-refractivity contribution in [3.8, 4) is 0 Å². The highest BCUT2D eigenvalue weighted by molar-refractivity contribution is 7.99. The number of fused-ring (bicyclic) bond motifs is 1. The van der Waals surface area contributed by atoms with Crippen molar-refractivity contribution < 1.29 is 4.74 Å². The lowest BCUT2D eigenvalue weighted by Crippen LogP contribution is -2.44. The monoisotopic (exact) mass is 334 g/mol. The summed E-state index contributed by atoms with van der Waals surface area (Å²) in [6.07, 6.45) is 4.92. The minimum absolute atomic E-state index is 0.531. The van der Waals surface area contributed by atoms with Gasteiger partial charge in [-0.3, -0.25) is 0 Å². The zero-order chi connectivity index (χ0) is 15.9. The second-order valence-corrected chi connectivity index (χ2v) is 7.86. The van der Waals surface area contributed by atoms with Crippen molar-refractivity contribution in [3.05, 3.63) is 35.4 Å². The largest absolute Gasteiger partial charge is 0.385 e. The summed E-state index contributed by atoms with van der Waals surface area (Å²) in [7, 11) is 1.79. The lowest BCUT2D eigenvalue weighted by Gasteiger charge is -2.34. The van der Waals surface area contributed by atoms with E-state index in [4.69, 9.17) is 4.74 Å². The maximum Gasteiger partial charge on any atom is 0.0474 e. The molecule has 0 aromatic heterocycles. The Morgan fingerprint density at radius 3 is 2.91 bits per heavy atom. The molecule has 128 valence electrons. The van der Waals surface area contributed by atoms with Gasteiger partial charge in [-0.2, -0.15) is 11.8 Å². The van der Waals surface area contributed by atoms with E-state index in [1.54, 1.807) is 18.2 Å². The van der Waals surface area contributed by atoms with E-state index < -0.39 is 0 Å². The number of hydrogen-bond acceptors (Lipinski definition) is 4. The molecule has 1 N–H and O–H groups in total. The molecular formula is C19H30N2OS. The lowest BCUT2D eigenvalue weighted by molar-refractivity contribution is 0.151. The molecule has 2 aliphatic heterocycles. The summed E-state index contributed by atoms with van der Waals surface area (Å²) >= 11 is 2.10. The molecule has 3 rings (SSSR count). The molecule has 0 spiro atoms. The molecule has 0 amide bonds. The minimum atomic E-state index is 0.531. The predicted molar refractivity (Wildman–Crippen MR) is 99.3 cm³/mol. The van der Waals surface area contributed by atoms with Gasteiger partial charge in [0, 0.05) is 38.1 Å². The van der Waals surface area contributed by atoms with Gasteiger partial charge >= 0.3 is 0 Å². The molecule has 2 heterocycles. The Hall–Kier alpha value is -0.550. The topological polar surface area (TPSA) is 24.5 Å². The third-order valence-corrected chi connectivity index (χ3v) is 6.14. The van der Waals surface area contributed by atoms with Crippen LogP contribution in [0.4, 0.5) is 0 Å². The number of methoxy groups -OCH3 is 1. The van der Waals surface area contributed by atoms with E-state index in [-0.39, 0.29) is 0 Å². The summed E-state index contributed by atoms with van der Waals surface area (Å²) in [6, 6.07) is 10.2. The minimum Gasteiger partial charge on any atom is -0.385 e. The van der Waals surface area contributed by atoms with Gasteiger partial charge < -0.3 is 15.0 Å². The molecule has 0 bridgehead atoms. The first-order valence-corrected chi connectivity index (χ1v) is 10.1. The second kappa shape index (κ2) is 9.07. The van der Waals surface area contributed by atoms with Gasteiger partial charge in [-0.25, -0.2) is 0 Å². The third kappa shape index (κ3) is 4.96. The fourth-order valence-electron chi connectivity index (χ4n) is 3.75. The van der Waals surface area contributed by atoms with Crippen LogP contribution in [0.5, 0.6) is 0 Å². The fraction of sp³-hybridized carbons (Fsp3) is 0.684. The molecule has 1 saturated heterocycles. The highest BCUT2D eigenvalue weighted by Gasteiger charge is 2.24. The Balaban J connectivity index is 1.51. The van der Waals surface area contributed by atoms with Crippen molar-refractivity contribution in [2.45, 2.75) is 37.8 Å². The number of aryl methyl sites for hydroxylation is 1. The molecule has 1 aromatic rings. The molecule has 0 saturated carbocycles. The van der Waals surface area contributed by atoms with Gasteiger partial charge in [0.1, 0.15) is 0 Å². The normalized spacial score (nSPS) is 23.4. The third-order valence-electron chi connectivity index (χ3n) is 5.08. The summed E-state index contributed by atoms with van der Waals surface area (Å²) in [5.74, 6) is 2.47. The van der Waals surface area contributed by atoms with Crippen LogP contribution in [0.1, 0.15) is 36.4 Å². The van der Waals surface area contributed by atoms with Crippen molar-refractivity contribution in [2.24, 2.45) is 0 Å². The fourth-order valence-corrected chi connectivity index (χ4v) is 4.80. The van der Waals surface area contributed by atoms with Gasteiger partial charge in [-0.05, 0) is 55.7 Å². The van der Waals surface area contributed by atoms with Crippen LogP contribution in [-0.4, -0.2) is 55.8 Å². The smallest absolute Gasteiger partial charge is 0.0474 e. The van der Waals surface area contributed by atoms with E-state index in [0.717, 1.165) is 13.0 Å². The average molecular weight is 335 g/mol. The van der Waals surface area contributed by atoms with Gasteiger partial charge in [0.05, 0.1) is 0 Å². The van der Waals surface area contributed by atoms with E-state index in [1.807, 2.05) is 0 Å². The first-order chi connectivity index (χ1) is 11.4. The molecule has 1 atom stereocenters. The number of nitrogens with zero attached hydrogens (tertiary/aromatic N) is 1. The Morgan fingerprint density at radius 1 is 1.26 bits per heavy atom. The zero-order valence-corrected chi connectivity index (χ0v) is 15.1. The van der Waals surface area contributed by atoms with Crippen LogP contribution < -0.4 is 5.32 Å². The number of benzene rings is 1. The first-order valence-electron chi connectivity index (χ1n) is 8.99. The number of piperidine rings is 1. The van der Waals surface area contributed by atoms with E-state index in [9.17, 15) is 0 Å². The van der Waals surface area contributed by atoms with Crippen LogP contribution >= 0.6 is 11.8 Å². The number of likely N-dealkylation sites (tertiary alicyclic amines) is 1. The highest BCUT2D eigenvalue weighted by Crippen LogP contribution is 2.28. The van der Waals surface area contributed by atoms with Gasteiger partial charge in [-0.15, -0.1) is 0 Å². The molecule has 4 heteroatoms. The number of ether oxygens (including phenoxy) is 1. The maximum absolute atomic E-state index is 5.16. The van der Waals surface area contributed by atoms with Crippen molar-refractivity contribution >= 4 is 11.8 Å². The molecule has 0 radical (unpaired) electrons. The Morgan fingerprint density at radius 2 is 2.09 bits per heavy atom. The highest BCUT2D eigenvalue weighted by atomic mass is 32.2. The Kier molecular flexibility index (Phi) is 6.81. The molecule has 0 aliphatic carbocycles. The van der Waals surface area contributed by atoms with Crippen molar-refractivity contribution in [3.63, 3.8) is 0 Å².